The Hall–Kier alpha value is -1.07. The summed E-state index contributed by atoms with van der Waals surface area (Å²) in [5.41, 5.74) is 0.559. The van der Waals surface area contributed by atoms with Gasteiger partial charge in [0.15, 0.2) is 9.84 Å². The molecule has 1 aromatic carbocycles. The number of hydrogen-bond acceptors (Lipinski definition) is 3. The summed E-state index contributed by atoms with van der Waals surface area (Å²) in [4.78, 5) is 11.2. The van der Waals surface area contributed by atoms with Crippen LogP contribution in [-0.2, 0) is 21.2 Å². The van der Waals surface area contributed by atoms with Gasteiger partial charge in [0.2, 0.25) is 5.91 Å². The highest BCUT2D eigenvalue weighted by molar-refractivity contribution is 7.90. The van der Waals surface area contributed by atoms with E-state index in [0.29, 0.717) is 5.56 Å². The van der Waals surface area contributed by atoms with Crippen molar-refractivity contribution >= 4 is 27.3 Å². The summed E-state index contributed by atoms with van der Waals surface area (Å²) in [6.45, 7) is 0.162. The third-order valence-electron chi connectivity index (χ3n) is 1.97. The highest BCUT2D eigenvalue weighted by atomic mass is 35.5. The van der Waals surface area contributed by atoms with E-state index in [1.165, 1.54) is 6.07 Å². The minimum absolute atomic E-state index is 0.138. The van der Waals surface area contributed by atoms with Crippen LogP contribution in [0.15, 0.2) is 29.2 Å². The van der Waals surface area contributed by atoms with Gasteiger partial charge in [0.1, 0.15) is 5.88 Å². The number of rotatable bonds is 4. The molecule has 1 amide bonds. The minimum atomic E-state index is -3.27. The van der Waals surface area contributed by atoms with E-state index < -0.39 is 9.84 Å². The van der Waals surface area contributed by atoms with E-state index >= 15 is 0 Å². The monoisotopic (exact) mass is 261 g/mol. The fourth-order valence-corrected chi connectivity index (χ4v) is 2.29. The molecule has 0 aliphatic rings. The summed E-state index contributed by atoms with van der Waals surface area (Å²) in [7, 11) is -3.27. The van der Waals surface area contributed by atoms with Crippen LogP contribution in [0.4, 0.5) is 0 Å². The second-order valence-electron chi connectivity index (χ2n) is 3.29. The number of carbonyl (C=O) groups excluding carboxylic acids is 1. The van der Waals surface area contributed by atoms with Crippen LogP contribution in [0.5, 0.6) is 0 Å². The van der Waals surface area contributed by atoms with Crippen molar-refractivity contribution in [2.45, 2.75) is 11.4 Å². The molecule has 0 bridgehead atoms. The lowest BCUT2D eigenvalue weighted by Gasteiger charge is -2.08. The molecule has 16 heavy (non-hydrogen) atoms. The average molecular weight is 262 g/mol. The fraction of sp³-hybridized carbons (Fsp3) is 0.300. The summed E-state index contributed by atoms with van der Waals surface area (Å²) in [6, 6.07) is 6.53. The zero-order valence-corrected chi connectivity index (χ0v) is 10.3. The largest absolute Gasteiger partial charge is 0.351 e. The third kappa shape index (κ3) is 3.50. The molecule has 0 aliphatic heterocycles. The van der Waals surface area contributed by atoms with Gasteiger partial charge in [0.05, 0.1) is 4.90 Å². The molecule has 0 fully saturated rings. The molecular weight excluding hydrogens is 250 g/mol. The number of halogens is 1. The summed E-state index contributed by atoms with van der Waals surface area (Å²) < 4.78 is 22.9. The van der Waals surface area contributed by atoms with E-state index in [9.17, 15) is 13.2 Å². The van der Waals surface area contributed by atoms with Gasteiger partial charge in [-0.1, -0.05) is 18.2 Å². The predicted octanol–water partition coefficient (Wildman–Crippen LogP) is 0.945. The molecule has 0 saturated heterocycles. The normalized spacial score (nSPS) is 11.1. The SMILES string of the molecule is CS(=O)(=O)c1ccccc1CNC(=O)CCl. The average Bonchev–Trinajstić information content (AvgIpc) is 2.25. The van der Waals surface area contributed by atoms with E-state index in [1.807, 2.05) is 0 Å². The Morgan fingerprint density at radius 2 is 2.00 bits per heavy atom. The second kappa shape index (κ2) is 5.32. The summed E-state index contributed by atoms with van der Waals surface area (Å²) in [5.74, 6) is -0.467. The van der Waals surface area contributed by atoms with Crippen LogP contribution in [0.25, 0.3) is 0 Å². The van der Waals surface area contributed by atoms with Crippen molar-refractivity contribution < 1.29 is 13.2 Å². The van der Waals surface area contributed by atoms with Gasteiger partial charge in [-0.05, 0) is 11.6 Å². The molecule has 1 N–H and O–H groups in total. The van der Waals surface area contributed by atoms with Gasteiger partial charge >= 0.3 is 0 Å². The van der Waals surface area contributed by atoms with Crippen LogP contribution in [0, 0.1) is 0 Å². The minimum Gasteiger partial charge on any atom is -0.351 e. The quantitative estimate of drug-likeness (QED) is 0.821. The number of benzene rings is 1. The number of nitrogens with one attached hydrogen (secondary N) is 1. The topological polar surface area (TPSA) is 63.2 Å². The standard InChI is InChI=1S/C10H12ClNO3S/c1-16(14,15)9-5-3-2-4-8(9)7-12-10(13)6-11/h2-5H,6-7H2,1H3,(H,12,13). The first kappa shape index (κ1) is 13.0. The van der Waals surface area contributed by atoms with Gasteiger partial charge in [-0.3, -0.25) is 4.79 Å². The number of carbonyl (C=O) groups is 1. The Balaban J connectivity index is 2.93. The lowest BCUT2D eigenvalue weighted by atomic mass is 10.2. The molecular formula is C10H12ClNO3S. The summed E-state index contributed by atoms with van der Waals surface area (Å²) in [5, 5.41) is 2.53. The Morgan fingerprint density at radius 3 is 2.56 bits per heavy atom. The molecule has 88 valence electrons. The van der Waals surface area contributed by atoms with E-state index in [4.69, 9.17) is 11.6 Å². The van der Waals surface area contributed by atoms with Gasteiger partial charge in [-0.25, -0.2) is 8.42 Å². The van der Waals surface area contributed by atoms with Crippen LogP contribution in [0.3, 0.4) is 0 Å². The number of hydrogen-bond donors (Lipinski definition) is 1. The van der Waals surface area contributed by atoms with Crippen LogP contribution in [0.2, 0.25) is 0 Å². The van der Waals surface area contributed by atoms with Gasteiger partial charge in [0, 0.05) is 12.8 Å². The van der Waals surface area contributed by atoms with Crippen molar-refractivity contribution in [3.05, 3.63) is 29.8 Å². The Kier molecular flexibility index (Phi) is 4.32. The molecule has 1 aromatic rings. The first-order valence-corrected chi connectivity index (χ1v) is 6.98. The van der Waals surface area contributed by atoms with E-state index in [1.54, 1.807) is 18.2 Å². The van der Waals surface area contributed by atoms with Crippen LogP contribution < -0.4 is 5.32 Å². The van der Waals surface area contributed by atoms with Crippen molar-refractivity contribution in [2.24, 2.45) is 0 Å². The van der Waals surface area contributed by atoms with E-state index in [-0.39, 0.29) is 23.2 Å². The molecule has 6 heteroatoms. The van der Waals surface area contributed by atoms with Crippen molar-refractivity contribution in [2.75, 3.05) is 12.1 Å². The Labute approximate surface area is 99.5 Å². The first-order chi connectivity index (χ1) is 7.45. The van der Waals surface area contributed by atoms with Crippen LogP contribution >= 0.6 is 11.6 Å². The molecule has 0 radical (unpaired) electrons. The number of alkyl halides is 1. The summed E-state index contributed by atoms with van der Waals surface area (Å²) in [6.07, 6.45) is 1.13. The van der Waals surface area contributed by atoms with Crippen molar-refractivity contribution in [3.63, 3.8) is 0 Å². The fourth-order valence-electron chi connectivity index (χ4n) is 1.25. The number of amides is 1. The van der Waals surface area contributed by atoms with Crippen molar-refractivity contribution in [3.8, 4) is 0 Å². The highest BCUT2D eigenvalue weighted by Crippen LogP contribution is 2.14. The molecule has 0 aliphatic carbocycles. The smallest absolute Gasteiger partial charge is 0.235 e. The molecule has 0 spiro atoms. The van der Waals surface area contributed by atoms with Gasteiger partial charge in [-0.15, -0.1) is 11.6 Å². The lowest BCUT2D eigenvalue weighted by Crippen LogP contribution is -2.24. The van der Waals surface area contributed by atoms with Gasteiger partial charge < -0.3 is 5.32 Å². The van der Waals surface area contributed by atoms with Gasteiger partial charge in [0.25, 0.3) is 0 Å². The molecule has 1 rings (SSSR count). The maximum absolute atomic E-state index is 11.4. The Bertz CT molecular complexity index is 485. The second-order valence-corrected chi connectivity index (χ2v) is 5.54. The maximum atomic E-state index is 11.4. The predicted molar refractivity (Wildman–Crippen MR) is 62.1 cm³/mol. The molecule has 0 unspecified atom stereocenters. The zero-order chi connectivity index (χ0) is 12.2. The molecule has 0 aromatic heterocycles. The first-order valence-electron chi connectivity index (χ1n) is 4.56. The zero-order valence-electron chi connectivity index (χ0n) is 8.73. The van der Waals surface area contributed by atoms with Crippen LogP contribution in [-0.4, -0.2) is 26.5 Å². The molecule has 0 heterocycles. The highest BCUT2D eigenvalue weighted by Gasteiger charge is 2.12. The number of sulfone groups is 1. The van der Waals surface area contributed by atoms with Crippen molar-refractivity contribution in [1.29, 1.82) is 0 Å². The summed E-state index contributed by atoms with van der Waals surface area (Å²) >= 11 is 5.32. The van der Waals surface area contributed by atoms with E-state index in [0.717, 1.165) is 6.26 Å². The molecule has 0 saturated carbocycles. The van der Waals surface area contributed by atoms with E-state index in [2.05, 4.69) is 5.32 Å². The lowest BCUT2D eigenvalue weighted by molar-refractivity contribution is -0.118. The van der Waals surface area contributed by atoms with Crippen LogP contribution in [0.1, 0.15) is 5.56 Å². The molecule has 4 nitrogen and oxygen atoms in total. The third-order valence-corrected chi connectivity index (χ3v) is 3.41. The Morgan fingerprint density at radius 1 is 1.38 bits per heavy atom. The van der Waals surface area contributed by atoms with Crippen molar-refractivity contribution in [1.82, 2.24) is 5.32 Å². The maximum Gasteiger partial charge on any atom is 0.235 e. The molecule has 0 atom stereocenters. The van der Waals surface area contributed by atoms with Gasteiger partial charge in [-0.2, -0.15) is 0 Å².